The molecule has 4 heteroatoms. The van der Waals surface area contributed by atoms with Crippen LogP contribution in [0.1, 0.15) is 24.8 Å². The Kier molecular flexibility index (Phi) is 3.86. The largest absolute Gasteiger partial charge is 0.330 e. The number of nitrogens with two attached hydrogens (primary N) is 1. The highest BCUT2D eigenvalue weighted by Gasteiger charge is 2.18. The highest BCUT2D eigenvalue weighted by molar-refractivity contribution is 7.10. The fraction of sp³-hybridized carbons (Fsp3) is 0.385. The molecule has 0 spiro atoms. The molecule has 17 heavy (non-hydrogen) atoms. The number of hydrogen-bond acceptors (Lipinski definition) is 4. The zero-order valence-electron chi connectivity index (χ0n) is 10.1. The predicted octanol–water partition coefficient (Wildman–Crippen LogP) is 2.90. The van der Waals surface area contributed by atoms with Gasteiger partial charge >= 0.3 is 0 Å². The van der Waals surface area contributed by atoms with Crippen LogP contribution in [0.15, 0.2) is 29.9 Å². The van der Waals surface area contributed by atoms with Gasteiger partial charge in [-0.3, -0.25) is 4.98 Å². The van der Waals surface area contributed by atoms with Crippen LogP contribution in [0.5, 0.6) is 0 Å². The third-order valence-corrected chi connectivity index (χ3v) is 3.83. The molecule has 2 heterocycles. The summed E-state index contributed by atoms with van der Waals surface area (Å²) in [5.74, 6) is 0.873. The van der Waals surface area contributed by atoms with Gasteiger partial charge in [-0.15, -0.1) is 11.3 Å². The van der Waals surface area contributed by atoms with Gasteiger partial charge in [-0.1, -0.05) is 13.8 Å². The molecular weight excluding hydrogens is 230 g/mol. The quantitative estimate of drug-likeness (QED) is 0.903. The molecule has 0 amide bonds. The number of pyridine rings is 1. The molecule has 0 fully saturated rings. The monoisotopic (exact) mass is 247 g/mol. The van der Waals surface area contributed by atoms with Gasteiger partial charge in [0.05, 0.1) is 10.7 Å². The molecule has 0 aromatic carbocycles. The van der Waals surface area contributed by atoms with Crippen LogP contribution in [0, 0.1) is 5.92 Å². The first-order chi connectivity index (χ1) is 8.22. The SMILES string of the molecule is CC(C)C(CN)c1nc(-c2cccnc2)cs1. The van der Waals surface area contributed by atoms with E-state index in [9.17, 15) is 0 Å². The molecule has 0 saturated carbocycles. The molecule has 3 nitrogen and oxygen atoms in total. The van der Waals surface area contributed by atoms with Gasteiger partial charge in [-0.25, -0.2) is 4.98 Å². The Labute approximate surface area is 106 Å². The van der Waals surface area contributed by atoms with Crippen molar-refractivity contribution in [3.8, 4) is 11.3 Å². The highest BCUT2D eigenvalue weighted by atomic mass is 32.1. The van der Waals surface area contributed by atoms with Crippen molar-refractivity contribution >= 4 is 11.3 Å². The maximum Gasteiger partial charge on any atom is 0.0978 e. The second-order valence-electron chi connectivity index (χ2n) is 4.40. The minimum absolute atomic E-state index is 0.352. The number of thiazole rings is 1. The van der Waals surface area contributed by atoms with Crippen molar-refractivity contribution < 1.29 is 0 Å². The van der Waals surface area contributed by atoms with Crippen LogP contribution in [-0.2, 0) is 0 Å². The second-order valence-corrected chi connectivity index (χ2v) is 5.29. The molecule has 2 aromatic rings. The van der Waals surface area contributed by atoms with E-state index in [1.54, 1.807) is 17.5 Å². The lowest BCUT2D eigenvalue weighted by atomic mass is 9.97. The second kappa shape index (κ2) is 5.38. The third-order valence-electron chi connectivity index (χ3n) is 2.86. The van der Waals surface area contributed by atoms with Crippen molar-refractivity contribution in [1.29, 1.82) is 0 Å². The summed E-state index contributed by atoms with van der Waals surface area (Å²) in [6, 6.07) is 3.95. The Balaban J connectivity index is 2.27. The topological polar surface area (TPSA) is 51.8 Å². The average Bonchev–Trinajstić information content (AvgIpc) is 2.80. The molecule has 0 bridgehead atoms. The standard InChI is InChI=1S/C13H17N3S/c1-9(2)11(6-14)13-16-12(8-17-13)10-4-3-5-15-7-10/h3-5,7-9,11H,6,14H2,1-2H3. The molecule has 0 radical (unpaired) electrons. The van der Waals surface area contributed by atoms with E-state index in [0.29, 0.717) is 18.4 Å². The fourth-order valence-electron chi connectivity index (χ4n) is 1.76. The van der Waals surface area contributed by atoms with Crippen molar-refractivity contribution in [2.75, 3.05) is 6.54 Å². The predicted molar refractivity (Wildman–Crippen MR) is 72.0 cm³/mol. The minimum atomic E-state index is 0.352. The Morgan fingerprint density at radius 2 is 2.24 bits per heavy atom. The molecule has 0 aliphatic rings. The van der Waals surface area contributed by atoms with Crippen molar-refractivity contribution in [3.63, 3.8) is 0 Å². The molecule has 2 aromatic heterocycles. The van der Waals surface area contributed by atoms with Crippen LogP contribution in [0.2, 0.25) is 0 Å². The molecular formula is C13H17N3S. The maximum absolute atomic E-state index is 5.81. The van der Waals surface area contributed by atoms with Crippen LogP contribution in [0.3, 0.4) is 0 Å². The Bertz CT molecular complexity index is 465. The average molecular weight is 247 g/mol. The summed E-state index contributed by atoms with van der Waals surface area (Å²) in [5.41, 5.74) is 7.87. The van der Waals surface area contributed by atoms with Gasteiger partial charge < -0.3 is 5.73 Å². The van der Waals surface area contributed by atoms with Gasteiger partial charge in [0.1, 0.15) is 0 Å². The molecule has 1 unspecified atom stereocenters. The van der Waals surface area contributed by atoms with Crippen LogP contribution in [-0.4, -0.2) is 16.5 Å². The first-order valence-electron chi connectivity index (χ1n) is 5.78. The lowest BCUT2D eigenvalue weighted by molar-refractivity contribution is 0.504. The maximum atomic E-state index is 5.81. The summed E-state index contributed by atoms with van der Waals surface area (Å²) in [7, 11) is 0. The number of nitrogens with zero attached hydrogens (tertiary/aromatic N) is 2. The van der Waals surface area contributed by atoms with Crippen LogP contribution in [0.25, 0.3) is 11.3 Å². The molecule has 90 valence electrons. The molecule has 0 aliphatic heterocycles. The number of hydrogen-bond donors (Lipinski definition) is 1. The Hall–Kier alpha value is -1.26. The smallest absolute Gasteiger partial charge is 0.0978 e. The molecule has 0 aliphatic carbocycles. The lowest BCUT2D eigenvalue weighted by Crippen LogP contribution is -2.17. The highest BCUT2D eigenvalue weighted by Crippen LogP contribution is 2.29. The third kappa shape index (κ3) is 2.70. The van der Waals surface area contributed by atoms with Gasteiger partial charge in [-0.05, 0) is 18.1 Å². The van der Waals surface area contributed by atoms with Gasteiger partial charge in [0, 0.05) is 35.8 Å². The molecule has 2 rings (SSSR count). The summed E-state index contributed by atoms with van der Waals surface area (Å²) < 4.78 is 0. The molecule has 2 N–H and O–H groups in total. The van der Waals surface area contributed by atoms with Crippen LogP contribution >= 0.6 is 11.3 Å². The van der Waals surface area contributed by atoms with Crippen molar-refractivity contribution in [2.45, 2.75) is 19.8 Å². The van der Waals surface area contributed by atoms with Crippen molar-refractivity contribution in [2.24, 2.45) is 11.7 Å². The fourth-order valence-corrected chi connectivity index (χ4v) is 2.88. The van der Waals surface area contributed by atoms with Gasteiger partial charge in [0.15, 0.2) is 0 Å². The van der Waals surface area contributed by atoms with Crippen molar-refractivity contribution in [1.82, 2.24) is 9.97 Å². The van der Waals surface area contributed by atoms with E-state index < -0.39 is 0 Å². The lowest BCUT2D eigenvalue weighted by Gasteiger charge is -2.15. The Morgan fingerprint density at radius 3 is 2.82 bits per heavy atom. The first-order valence-corrected chi connectivity index (χ1v) is 6.66. The normalized spacial score (nSPS) is 12.9. The first kappa shape index (κ1) is 12.2. The summed E-state index contributed by atoms with van der Waals surface area (Å²) in [6.07, 6.45) is 3.61. The van der Waals surface area contributed by atoms with Crippen molar-refractivity contribution in [3.05, 3.63) is 34.9 Å². The zero-order valence-corrected chi connectivity index (χ0v) is 10.9. The summed E-state index contributed by atoms with van der Waals surface area (Å²) in [6.45, 7) is 5.02. The van der Waals surface area contributed by atoms with E-state index in [-0.39, 0.29) is 0 Å². The van der Waals surface area contributed by atoms with Gasteiger partial charge in [0.2, 0.25) is 0 Å². The van der Waals surface area contributed by atoms with Gasteiger partial charge in [0.25, 0.3) is 0 Å². The van der Waals surface area contributed by atoms with E-state index in [1.165, 1.54) is 0 Å². The molecule has 1 atom stereocenters. The zero-order chi connectivity index (χ0) is 12.3. The van der Waals surface area contributed by atoms with Gasteiger partial charge in [-0.2, -0.15) is 0 Å². The van der Waals surface area contributed by atoms with Crippen LogP contribution < -0.4 is 5.73 Å². The van der Waals surface area contributed by atoms with E-state index in [1.807, 2.05) is 18.3 Å². The van der Waals surface area contributed by atoms with E-state index in [4.69, 9.17) is 5.73 Å². The number of aromatic nitrogens is 2. The molecule has 0 saturated heterocycles. The summed E-state index contributed by atoms with van der Waals surface area (Å²) in [5, 5.41) is 3.21. The van der Waals surface area contributed by atoms with E-state index >= 15 is 0 Å². The summed E-state index contributed by atoms with van der Waals surface area (Å²) >= 11 is 1.69. The van der Waals surface area contributed by atoms with Crippen LogP contribution in [0.4, 0.5) is 0 Å². The summed E-state index contributed by atoms with van der Waals surface area (Å²) in [4.78, 5) is 8.78. The Morgan fingerprint density at radius 1 is 1.41 bits per heavy atom. The van der Waals surface area contributed by atoms with E-state index in [0.717, 1.165) is 16.3 Å². The van der Waals surface area contributed by atoms with E-state index in [2.05, 4.69) is 29.2 Å². The number of rotatable bonds is 4. The minimum Gasteiger partial charge on any atom is -0.330 e.